The Morgan fingerprint density at radius 1 is 1.50 bits per heavy atom. The van der Waals surface area contributed by atoms with E-state index >= 15 is 0 Å². The van der Waals surface area contributed by atoms with Crippen LogP contribution in [-0.2, 0) is 0 Å². The van der Waals surface area contributed by atoms with Crippen LogP contribution in [0.15, 0.2) is 0 Å². The Bertz CT molecular complexity index is 121. The number of hydrogen-bond acceptors (Lipinski definition) is 1. The van der Waals surface area contributed by atoms with Crippen LogP contribution in [0.25, 0.3) is 0 Å². The summed E-state index contributed by atoms with van der Waals surface area (Å²) in [6.07, 6.45) is -3.12. The molecule has 0 bridgehead atoms. The third kappa shape index (κ3) is 1.87. The Morgan fingerprint density at radius 3 is 2.20 bits per heavy atom. The predicted octanol–water partition coefficient (Wildman–Crippen LogP) is 1.64. The van der Waals surface area contributed by atoms with Gasteiger partial charge in [0.25, 0.3) is 0 Å². The average Bonchev–Trinajstić information content (AvgIpc) is 1.78. The molecular formula is C6H10F3N. The quantitative estimate of drug-likeness (QED) is 0.553. The van der Waals surface area contributed by atoms with Crippen molar-refractivity contribution in [1.29, 1.82) is 0 Å². The molecule has 1 aliphatic heterocycles. The second-order valence-electron chi connectivity index (χ2n) is 2.72. The molecule has 0 spiro atoms. The van der Waals surface area contributed by atoms with Crippen LogP contribution in [0.1, 0.15) is 13.3 Å². The van der Waals surface area contributed by atoms with E-state index in [0.717, 1.165) is 6.42 Å². The fraction of sp³-hybridized carbons (Fsp3) is 1.00. The zero-order chi connectivity index (χ0) is 7.78. The van der Waals surface area contributed by atoms with Crippen LogP contribution in [-0.4, -0.2) is 30.2 Å². The van der Waals surface area contributed by atoms with E-state index in [1.807, 2.05) is 6.92 Å². The number of nitrogens with zero attached hydrogens (tertiary/aromatic N) is 1. The van der Waals surface area contributed by atoms with Crippen molar-refractivity contribution in [3.05, 3.63) is 0 Å². The van der Waals surface area contributed by atoms with Crippen molar-refractivity contribution in [2.75, 3.05) is 13.1 Å². The van der Waals surface area contributed by atoms with Gasteiger partial charge in [-0.25, -0.2) is 0 Å². The van der Waals surface area contributed by atoms with Gasteiger partial charge in [0.1, 0.15) is 0 Å². The highest BCUT2D eigenvalue weighted by molar-refractivity contribution is 4.80. The van der Waals surface area contributed by atoms with Crippen molar-refractivity contribution in [1.82, 2.24) is 4.90 Å². The zero-order valence-electron chi connectivity index (χ0n) is 5.78. The van der Waals surface area contributed by atoms with Crippen LogP contribution in [0.3, 0.4) is 0 Å². The second kappa shape index (κ2) is 2.42. The minimum absolute atomic E-state index is 0.127. The topological polar surface area (TPSA) is 3.24 Å². The Hall–Kier alpha value is -0.250. The lowest BCUT2D eigenvalue weighted by Crippen LogP contribution is -2.49. The molecule has 0 aromatic rings. The van der Waals surface area contributed by atoms with Gasteiger partial charge in [-0.2, -0.15) is 13.2 Å². The largest absolute Gasteiger partial charge is 0.401 e. The first-order valence-electron chi connectivity index (χ1n) is 3.30. The van der Waals surface area contributed by atoms with Gasteiger partial charge in [-0.1, -0.05) is 0 Å². The van der Waals surface area contributed by atoms with E-state index in [9.17, 15) is 13.2 Å². The molecule has 4 heteroatoms. The summed E-state index contributed by atoms with van der Waals surface area (Å²) in [4.78, 5) is 1.43. The molecule has 0 aromatic heterocycles. The maximum atomic E-state index is 11.7. The highest BCUT2D eigenvalue weighted by Gasteiger charge is 2.35. The van der Waals surface area contributed by atoms with Gasteiger partial charge in [-0.05, 0) is 13.3 Å². The van der Waals surface area contributed by atoms with Crippen molar-refractivity contribution >= 4 is 0 Å². The van der Waals surface area contributed by atoms with Gasteiger partial charge in [0.05, 0.1) is 6.54 Å². The lowest BCUT2D eigenvalue weighted by atomic mass is 10.1. The fourth-order valence-electron chi connectivity index (χ4n) is 1.04. The summed E-state index contributed by atoms with van der Waals surface area (Å²) in [6.45, 7) is 1.67. The number of hydrogen-bond donors (Lipinski definition) is 0. The van der Waals surface area contributed by atoms with E-state index in [-0.39, 0.29) is 6.04 Å². The molecule has 0 aromatic carbocycles. The maximum Gasteiger partial charge on any atom is 0.401 e. The van der Waals surface area contributed by atoms with Crippen molar-refractivity contribution in [2.45, 2.75) is 25.6 Å². The third-order valence-corrected chi connectivity index (χ3v) is 1.84. The Labute approximate surface area is 57.8 Å². The monoisotopic (exact) mass is 153 g/mol. The standard InChI is InChI=1S/C6H10F3N/c1-5-2-3-10(5)4-6(7,8)9/h5H,2-4H2,1H3. The number of likely N-dealkylation sites (tertiary alicyclic amines) is 1. The number of rotatable bonds is 1. The Morgan fingerprint density at radius 2 is 2.10 bits per heavy atom. The van der Waals surface area contributed by atoms with Crippen molar-refractivity contribution in [3.63, 3.8) is 0 Å². The predicted molar refractivity (Wildman–Crippen MR) is 31.7 cm³/mol. The summed E-state index contributed by atoms with van der Waals surface area (Å²) in [5.41, 5.74) is 0. The summed E-state index contributed by atoms with van der Waals surface area (Å²) in [6, 6.07) is 0.127. The first-order valence-corrected chi connectivity index (χ1v) is 3.30. The highest BCUT2D eigenvalue weighted by Crippen LogP contribution is 2.23. The summed E-state index contributed by atoms with van der Waals surface area (Å²) in [5.74, 6) is 0. The van der Waals surface area contributed by atoms with Crippen LogP contribution in [0.2, 0.25) is 0 Å². The molecular weight excluding hydrogens is 143 g/mol. The van der Waals surface area contributed by atoms with Crippen LogP contribution in [0, 0.1) is 0 Å². The van der Waals surface area contributed by atoms with E-state index < -0.39 is 12.7 Å². The van der Waals surface area contributed by atoms with Crippen molar-refractivity contribution in [3.8, 4) is 0 Å². The molecule has 0 N–H and O–H groups in total. The minimum Gasteiger partial charge on any atom is -0.292 e. The van der Waals surface area contributed by atoms with Crippen molar-refractivity contribution in [2.24, 2.45) is 0 Å². The van der Waals surface area contributed by atoms with Crippen molar-refractivity contribution < 1.29 is 13.2 Å². The SMILES string of the molecule is CC1CCN1CC(F)(F)F. The highest BCUT2D eigenvalue weighted by atomic mass is 19.4. The van der Waals surface area contributed by atoms with Crippen LogP contribution < -0.4 is 0 Å². The Balaban J connectivity index is 2.26. The first-order chi connectivity index (χ1) is 4.49. The lowest BCUT2D eigenvalue weighted by molar-refractivity contribution is -0.160. The molecule has 1 aliphatic rings. The molecule has 0 amide bonds. The van der Waals surface area contributed by atoms with Gasteiger partial charge < -0.3 is 0 Å². The number of halogens is 3. The van der Waals surface area contributed by atoms with Gasteiger partial charge >= 0.3 is 6.18 Å². The van der Waals surface area contributed by atoms with Crippen LogP contribution in [0.5, 0.6) is 0 Å². The summed E-state index contributed by atoms with van der Waals surface area (Å²) >= 11 is 0. The van der Waals surface area contributed by atoms with Gasteiger partial charge in [0.2, 0.25) is 0 Å². The molecule has 1 heterocycles. The third-order valence-electron chi connectivity index (χ3n) is 1.84. The average molecular weight is 153 g/mol. The molecule has 60 valence electrons. The summed E-state index contributed by atoms with van der Waals surface area (Å²) in [7, 11) is 0. The molecule has 0 radical (unpaired) electrons. The minimum atomic E-state index is -4.02. The maximum absolute atomic E-state index is 11.7. The smallest absolute Gasteiger partial charge is 0.292 e. The molecule has 10 heavy (non-hydrogen) atoms. The van der Waals surface area contributed by atoms with E-state index in [4.69, 9.17) is 0 Å². The lowest BCUT2D eigenvalue weighted by Gasteiger charge is -2.38. The number of alkyl halides is 3. The van der Waals surface area contributed by atoms with Crippen LogP contribution >= 0.6 is 0 Å². The molecule has 1 nitrogen and oxygen atoms in total. The normalized spacial score (nSPS) is 28.2. The molecule has 1 saturated heterocycles. The zero-order valence-corrected chi connectivity index (χ0v) is 5.78. The van der Waals surface area contributed by atoms with Gasteiger partial charge in [0, 0.05) is 12.6 Å². The van der Waals surface area contributed by atoms with Gasteiger partial charge in [-0.3, -0.25) is 4.90 Å². The van der Waals surface area contributed by atoms with E-state index in [0.29, 0.717) is 6.54 Å². The summed E-state index contributed by atoms with van der Waals surface area (Å²) in [5, 5.41) is 0. The molecule has 1 fully saturated rings. The van der Waals surface area contributed by atoms with E-state index in [1.165, 1.54) is 4.90 Å². The molecule has 1 atom stereocenters. The van der Waals surface area contributed by atoms with Gasteiger partial charge in [-0.15, -0.1) is 0 Å². The fourth-order valence-corrected chi connectivity index (χ4v) is 1.04. The second-order valence-corrected chi connectivity index (χ2v) is 2.72. The van der Waals surface area contributed by atoms with E-state index in [1.54, 1.807) is 0 Å². The van der Waals surface area contributed by atoms with Crippen LogP contribution in [0.4, 0.5) is 13.2 Å². The van der Waals surface area contributed by atoms with Gasteiger partial charge in [0.15, 0.2) is 0 Å². The van der Waals surface area contributed by atoms with E-state index in [2.05, 4.69) is 0 Å². The molecule has 0 saturated carbocycles. The molecule has 0 aliphatic carbocycles. The molecule has 1 rings (SSSR count). The molecule has 1 unspecified atom stereocenters. The summed E-state index contributed by atoms with van der Waals surface area (Å²) < 4.78 is 35.0. The first kappa shape index (κ1) is 7.85. The Kier molecular flexibility index (Phi) is 1.90.